The van der Waals surface area contributed by atoms with Crippen LogP contribution in [0.25, 0.3) is 0 Å². The summed E-state index contributed by atoms with van der Waals surface area (Å²) in [6, 6.07) is 16.0. The molecule has 120 valence electrons. The Hall–Kier alpha value is -3.02. The number of carboxylic acid groups (broad SMARTS) is 1. The van der Waals surface area contributed by atoms with E-state index in [0.717, 1.165) is 0 Å². The van der Waals surface area contributed by atoms with Crippen molar-refractivity contribution in [1.29, 1.82) is 0 Å². The Balaban J connectivity index is 2.31. The fourth-order valence-corrected chi connectivity index (χ4v) is 2.14. The summed E-state index contributed by atoms with van der Waals surface area (Å²) >= 11 is 0. The molecule has 2 rings (SSSR count). The number of benzene rings is 2. The lowest BCUT2D eigenvalue weighted by Crippen LogP contribution is -2.31. The molecule has 0 unspecified atom stereocenters. The van der Waals surface area contributed by atoms with E-state index >= 15 is 0 Å². The quantitative estimate of drug-likeness (QED) is 0.876. The predicted octanol–water partition coefficient (Wildman–Crippen LogP) is 3.94. The van der Waals surface area contributed by atoms with Crippen LogP contribution in [-0.2, 0) is 11.3 Å². The number of hydrogen-bond donors (Lipinski definition) is 2. The molecule has 2 amide bonds. The largest absolute Gasteiger partial charge is 0.465 e. The lowest BCUT2D eigenvalue weighted by atomic mass is 10.1. The Morgan fingerprint density at radius 2 is 1.74 bits per heavy atom. The van der Waals surface area contributed by atoms with E-state index in [9.17, 15) is 9.59 Å². The van der Waals surface area contributed by atoms with Crippen molar-refractivity contribution in [2.75, 3.05) is 16.8 Å². The van der Waals surface area contributed by atoms with E-state index in [1.165, 1.54) is 4.90 Å². The molecule has 0 aliphatic heterocycles. The van der Waals surface area contributed by atoms with Crippen molar-refractivity contribution in [3.63, 3.8) is 0 Å². The van der Waals surface area contributed by atoms with Gasteiger partial charge in [0.2, 0.25) is 0 Å². The minimum absolute atomic E-state index is 0.194. The fraction of sp³-hybridized carbons (Fsp3) is 0.176. The van der Waals surface area contributed by atoms with Crippen LogP contribution < -0.4 is 10.2 Å². The Kier molecular flexibility index (Phi) is 5.57. The highest BCUT2D eigenvalue weighted by molar-refractivity contribution is 5.89. The highest BCUT2D eigenvalue weighted by Gasteiger charge is 2.19. The van der Waals surface area contributed by atoms with Crippen LogP contribution in [0, 0.1) is 0 Å². The lowest BCUT2D eigenvalue weighted by molar-refractivity contribution is 0.159. The maximum absolute atomic E-state index is 12.2. The molecule has 0 bridgehead atoms. The molecule has 23 heavy (non-hydrogen) atoms. The summed E-state index contributed by atoms with van der Waals surface area (Å²) in [6.07, 6.45) is -1.64. The first-order chi connectivity index (χ1) is 11.1. The van der Waals surface area contributed by atoms with E-state index in [4.69, 9.17) is 9.84 Å². The van der Waals surface area contributed by atoms with Crippen LogP contribution in [0.3, 0.4) is 0 Å². The van der Waals surface area contributed by atoms with Crippen molar-refractivity contribution < 1.29 is 19.4 Å². The molecular weight excluding hydrogens is 296 g/mol. The Morgan fingerprint density at radius 3 is 2.39 bits per heavy atom. The molecule has 0 spiro atoms. The van der Waals surface area contributed by atoms with Gasteiger partial charge in [0.25, 0.3) is 0 Å². The van der Waals surface area contributed by atoms with Crippen molar-refractivity contribution >= 4 is 23.6 Å². The van der Waals surface area contributed by atoms with E-state index in [1.54, 1.807) is 43.3 Å². The van der Waals surface area contributed by atoms with Crippen LogP contribution in [0.5, 0.6) is 0 Å². The molecule has 0 heterocycles. The molecule has 6 heteroatoms. The molecule has 0 fully saturated rings. The monoisotopic (exact) mass is 314 g/mol. The average molecular weight is 314 g/mol. The summed E-state index contributed by atoms with van der Waals surface area (Å²) in [6.45, 7) is 2.19. The number of amides is 2. The van der Waals surface area contributed by atoms with Gasteiger partial charge in [0.15, 0.2) is 0 Å². The number of anilines is 2. The molecule has 0 aliphatic rings. The molecule has 0 aromatic heterocycles. The summed E-state index contributed by atoms with van der Waals surface area (Å²) in [5, 5.41) is 11.3. The van der Waals surface area contributed by atoms with E-state index in [1.807, 2.05) is 18.2 Å². The number of rotatable bonds is 5. The van der Waals surface area contributed by atoms with Gasteiger partial charge in [-0.15, -0.1) is 0 Å². The standard InChI is InChI=1S/C17H18N2O4/c1-2-23-17(22)19(14-9-4-3-5-10-14)12-13-8-6-7-11-15(13)18-16(20)21/h3-11,18H,2,12H2,1H3,(H,20,21). The minimum atomic E-state index is -1.15. The van der Waals surface area contributed by atoms with Crippen molar-refractivity contribution in [1.82, 2.24) is 0 Å². The third kappa shape index (κ3) is 4.47. The number of nitrogens with one attached hydrogen (secondary N) is 1. The molecule has 0 saturated carbocycles. The third-order valence-electron chi connectivity index (χ3n) is 3.14. The van der Waals surface area contributed by atoms with Gasteiger partial charge in [-0.25, -0.2) is 9.59 Å². The van der Waals surface area contributed by atoms with Crippen LogP contribution in [0.4, 0.5) is 21.0 Å². The molecular formula is C17H18N2O4. The Labute approximate surface area is 134 Å². The summed E-state index contributed by atoms with van der Waals surface area (Å²) in [7, 11) is 0. The topological polar surface area (TPSA) is 78.9 Å². The van der Waals surface area contributed by atoms with Gasteiger partial charge in [0, 0.05) is 11.4 Å². The minimum Gasteiger partial charge on any atom is -0.465 e. The molecule has 2 aromatic carbocycles. The second-order valence-corrected chi connectivity index (χ2v) is 4.71. The molecule has 0 radical (unpaired) electrons. The number of para-hydroxylation sites is 2. The van der Waals surface area contributed by atoms with E-state index < -0.39 is 12.2 Å². The highest BCUT2D eigenvalue weighted by atomic mass is 16.6. The molecule has 6 nitrogen and oxygen atoms in total. The average Bonchev–Trinajstić information content (AvgIpc) is 2.54. The zero-order chi connectivity index (χ0) is 16.7. The van der Waals surface area contributed by atoms with E-state index in [-0.39, 0.29) is 13.2 Å². The molecule has 0 aliphatic carbocycles. The van der Waals surface area contributed by atoms with Crippen molar-refractivity contribution in [3.05, 3.63) is 60.2 Å². The highest BCUT2D eigenvalue weighted by Crippen LogP contribution is 2.22. The van der Waals surface area contributed by atoms with Crippen molar-refractivity contribution in [2.45, 2.75) is 13.5 Å². The van der Waals surface area contributed by atoms with Gasteiger partial charge < -0.3 is 9.84 Å². The van der Waals surface area contributed by atoms with Crippen molar-refractivity contribution in [3.8, 4) is 0 Å². The summed E-state index contributed by atoms with van der Waals surface area (Å²) in [4.78, 5) is 24.6. The summed E-state index contributed by atoms with van der Waals surface area (Å²) in [5.41, 5.74) is 1.79. The van der Waals surface area contributed by atoms with E-state index in [2.05, 4.69) is 5.32 Å². The first-order valence-corrected chi connectivity index (χ1v) is 7.19. The maximum atomic E-state index is 12.2. The molecule has 0 atom stereocenters. The van der Waals surface area contributed by atoms with Gasteiger partial charge in [-0.1, -0.05) is 36.4 Å². The Morgan fingerprint density at radius 1 is 1.09 bits per heavy atom. The maximum Gasteiger partial charge on any atom is 0.414 e. The van der Waals surface area contributed by atoms with Gasteiger partial charge in [0.1, 0.15) is 0 Å². The second-order valence-electron chi connectivity index (χ2n) is 4.71. The first kappa shape index (κ1) is 16.4. The molecule has 2 aromatic rings. The van der Waals surface area contributed by atoms with Crippen molar-refractivity contribution in [2.24, 2.45) is 0 Å². The fourth-order valence-electron chi connectivity index (χ4n) is 2.14. The van der Waals surface area contributed by atoms with Gasteiger partial charge in [-0.05, 0) is 30.7 Å². The zero-order valence-corrected chi connectivity index (χ0v) is 12.7. The van der Waals surface area contributed by atoms with Gasteiger partial charge in [0.05, 0.1) is 13.2 Å². The second kappa shape index (κ2) is 7.84. The van der Waals surface area contributed by atoms with Crippen LogP contribution in [-0.4, -0.2) is 23.9 Å². The van der Waals surface area contributed by atoms with Crippen LogP contribution in [0.2, 0.25) is 0 Å². The van der Waals surface area contributed by atoms with Gasteiger partial charge in [-0.2, -0.15) is 0 Å². The lowest BCUT2D eigenvalue weighted by Gasteiger charge is -2.23. The summed E-state index contributed by atoms with van der Waals surface area (Å²) < 4.78 is 5.10. The zero-order valence-electron chi connectivity index (χ0n) is 12.7. The van der Waals surface area contributed by atoms with Gasteiger partial charge >= 0.3 is 12.2 Å². The molecule has 2 N–H and O–H groups in total. The first-order valence-electron chi connectivity index (χ1n) is 7.19. The van der Waals surface area contributed by atoms with Crippen LogP contribution in [0.1, 0.15) is 12.5 Å². The number of hydrogen-bond acceptors (Lipinski definition) is 3. The number of nitrogens with zero attached hydrogens (tertiary/aromatic N) is 1. The van der Waals surface area contributed by atoms with E-state index in [0.29, 0.717) is 16.9 Å². The number of ether oxygens (including phenoxy) is 1. The summed E-state index contributed by atoms with van der Waals surface area (Å²) in [5.74, 6) is 0. The van der Waals surface area contributed by atoms with Crippen LogP contribution >= 0.6 is 0 Å². The SMILES string of the molecule is CCOC(=O)N(Cc1ccccc1NC(=O)O)c1ccccc1. The smallest absolute Gasteiger partial charge is 0.414 e. The van der Waals surface area contributed by atoms with Gasteiger partial charge in [-0.3, -0.25) is 10.2 Å². The number of carbonyl (C=O) groups is 2. The Bertz CT molecular complexity index is 673. The predicted molar refractivity (Wildman–Crippen MR) is 87.7 cm³/mol. The normalized spacial score (nSPS) is 9.96. The molecule has 0 saturated heterocycles. The van der Waals surface area contributed by atoms with Crippen LogP contribution in [0.15, 0.2) is 54.6 Å². The third-order valence-corrected chi connectivity index (χ3v) is 3.14. The number of carbonyl (C=O) groups excluding carboxylic acids is 1.